The molecule has 1 heterocycles. The molecule has 6 nitrogen and oxygen atoms in total. The number of rotatable bonds is 5. The van der Waals surface area contributed by atoms with Crippen LogP contribution in [0.25, 0.3) is 0 Å². The van der Waals surface area contributed by atoms with Crippen molar-refractivity contribution in [3.8, 4) is 0 Å². The third kappa shape index (κ3) is 4.17. The Morgan fingerprint density at radius 1 is 1.29 bits per heavy atom. The number of methoxy groups -OCH3 is 1. The molecule has 2 N–H and O–H groups in total. The number of nitrogens with zero attached hydrogens (tertiary/aromatic N) is 1. The van der Waals surface area contributed by atoms with Crippen LogP contribution in [0.3, 0.4) is 0 Å². The smallest absolute Gasteiger partial charge is 0.308 e. The summed E-state index contributed by atoms with van der Waals surface area (Å²) < 4.78 is 9.78. The molecule has 2 unspecified atom stereocenters. The average Bonchev–Trinajstić information content (AvgIpc) is 2.55. The van der Waals surface area contributed by atoms with Crippen molar-refractivity contribution in [2.45, 2.75) is 18.6 Å². The summed E-state index contributed by atoms with van der Waals surface area (Å²) >= 11 is 0. The van der Waals surface area contributed by atoms with Gasteiger partial charge in [0.25, 0.3) is 0 Å². The maximum atomic E-state index is 11.1. The van der Waals surface area contributed by atoms with E-state index in [0.717, 1.165) is 18.8 Å². The molecule has 1 saturated heterocycles. The summed E-state index contributed by atoms with van der Waals surface area (Å²) in [5.41, 5.74) is 1.63. The maximum absolute atomic E-state index is 11.1. The van der Waals surface area contributed by atoms with E-state index in [1.54, 1.807) is 12.1 Å². The normalized spacial score (nSPS) is 18.1. The molecule has 0 aromatic heterocycles. The SMILES string of the molecule is COC(=O)CC(O)C(O)c1ccc(N2CCOCC2)cc1. The van der Waals surface area contributed by atoms with Crippen LogP contribution in [0, 0.1) is 0 Å². The summed E-state index contributed by atoms with van der Waals surface area (Å²) in [7, 11) is 1.25. The first-order valence-corrected chi connectivity index (χ1v) is 6.97. The molecule has 0 saturated carbocycles. The molecule has 1 aliphatic heterocycles. The van der Waals surface area contributed by atoms with Gasteiger partial charge >= 0.3 is 5.97 Å². The van der Waals surface area contributed by atoms with E-state index in [-0.39, 0.29) is 6.42 Å². The minimum atomic E-state index is -1.17. The van der Waals surface area contributed by atoms with Crippen LogP contribution in [0.2, 0.25) is 0 Å². The van der Waals surface area contributed by atoms with Crippen LogP contribution in [0.15, 0.2) is 24.3 Å². The van der Waals surface area contributed by atoms with E-state index in [1.165, 1.54) is 7.11 Å². The minimum absolute atomic E-state index is 0.233. The van der Waals surface area contributed by atoms with Gasteiger partial charge in [-0.1, -0.05) is 12.1 Å². The predicted octanol–water partition coefficient (Wildman–Crippen LogP) is 0.481. The number of anilines is 1. The first-order valence-electron chi connectivity index (χ1n) is 6.97. The van der Waals surface area contributed by atoms with Crippen LogP contribution in [-0.2, 0) is 14.3 Å². The molecule has 116 valence electrons. The van der Waals surface area contributed by atoms with Crippen molar-refractivity contribution in [3.63, 3.8) is 0 Å². The Morgan fingerprint density at radius 3 is 2.48 bits per heavy atom. The minimum Gasteiger partial charge on any atom is -0.469 e. The Kier molecular flexibility index (Phi) is 5.55. The third-order valence-electron chi connectivity index (χ3n) is 3.58. The lowest BCUT2D eigenvalue weighted by Crippen LogP contribution is -2.36. The molecule has 0 spiro atoms. The van der Waals surface area contributed by atoms with Gasteiger partial charge in [0, 0.05) is 18.8 Å². The molecule has 2 atom stereocenters. The van der Waals surface area contributed by atoms with Crippen LogP contribution in [-0.4, -0.2) is 55.7 Å². The van der Waals surface area contributed by atoms with Crippen LogP contribution in [0.1, 0.15) is 18.1 Å². The second kappa shape index (κ2) is 7.40. The highest BCUT2D eigenvalue weighted by Crippen LogP contribution is 2.23. The Balaban J connectivity index is 1.98. The molecular formula is C15H21NO5. The van der Waals surface area contributed by atoms with Gasteiger partial charge in [-0.3, -0.25) is 4.79 Å². The fourth-order valence-corrected chi connectivity index (χ4v) is 2.29. The number of esters is 1. The van der Waals surface area contributed by atoms with E-state index in [1.807, 2.05) is 12.1 Å². The highest BCUT2D eigenvalue weighted by Gasteiger charge is 2.22. The molecule has 2 rings (SSSR count). The Bertz CT molecular complexity index is 456. The summed E-state index contributed by atoms with van der Waals surface area (Å²) in [5, 5.41) is 19.9. The molecular weight excluding hydrogens is 274 g/mol. The van der Waals surface area contributed by atoms with Crippen molar-refractivity contribution >= 4 is 11.7 Å². The zero-order valence-corrected chi connectivity index (χ0v) is 12.1. The van der Waals surface area contributed by atoms with Crippen LogP contribution in [0.5, 0.6) is 0 Å². The van der Waals surface area contributed by atoms with Gasteiger partial charge in [0.15, 0.2) is 0 Å². The molecule has 1 aliphatic rings. The second-order valence-corrected chi connectivity index (χ2v) is 4.98. The topological polar surface area (TPSA) is 79.2 Å². The largest absolute Gasteiger partial charge is 0.469 e. The number of hydrogen-bond acceptors (Lipinski definition) is 6. The molecule has 0 amide bonds. The van der Waals surface area contributed by atoms with E-state index in [9.17, 15) is 15.0 Å². The first-order chi connectivity index (χ1) is 10.1. The fraction of sp³-hybridized carbons (Fsp3) is 0.533. The Morgan fingerprint density at radius 2 is 1.90 bits per heavy atom. The maximum Gasteiger partial charge on any atom is 0.308 e. The number of carbonyl (C=O) groups is 1. The highest BCUT2D eigenvalue weighted by atomic mass is 16.5. The van der Waals surface area contributed by atoms with Gasteiger partial charge in [-0.25, -0.2) is 0 Å². The molecule has 1 aromatic carbocycles. The van der Waals surface area contributed by atoms with Gasteiger partial charge in [0.05, 0.1) is 32.8 Å². The van der Waals surface area contributed by atoms with Gasteiger partial charge in [-0.15, -0.1) is 0 Å². The number of aliphatic hydroxyl groups excluding tert-OH is 2. The molecule has 0 radical (unpaired) electrons. The number of ether oxygens (including phenoxy) is 2. The van der Waals surface area contributed by atoms with Crippen LogP contribution in [0.4, 0.5) is 5.69 Å². The van der Waals surface area contributed by atoms with Crippen LogP contribution < -0.4 is 4.90 Å². The Hall–Kier alpha value is -1.63. The lowest BCUT2D eigenvalue weighted by molar-refractivity contribution is -0.144. The van der Waals surface area contributed by atoms with Crippen molar-refractivity contribution in [1.29, 1.82) is 0 Å². The summed E-state index contributed by atoms with van der Waals surface area (Å²) in [4.78, 5) is 13.3. The molecule has 1 fully saturated rings. The van der Waals surface area contributed by atoms with Gasteiger partial charge in [0.2, 0.25) is 0 Å². The first kappa shape index (κ1) is 15.8. The summed E-state index contributed by atoms with van der Waals surface area (Å²) in [6.07, 6.45) is -2.52. The molecule has 21 heavy (non-hydrogen) atoms. The highest BCUT2D eigenvalue weighted by molar-refractivity contribution is 5.69. The van der Waals surface area contributed by atoms with E-state index in [2.05, 4.69) is 9.64 Å². The second-order valence-electron chi connectivity index (χ2n) is 4.98. The van der Waals surface area contributed by atoms with Crippen molar-refractivity contribution in [2.24, 2.45) is 0 Å². The average molecular weight is 295 g/mol. The van der Waals surface area contributed by atoms with Gasteiger partial charge in [-0.2, -0.15) is 0 Å². The zero-order valence-electron chi connectivity index (χ0n) is 12.1. The van der Waals surface area contributed by atoms with Crippen molar-refractivity contribution in [3.05, 3.63) is 29.8 Å². The fourth-order valence-electron chi connectivity index (χ4n) is 2.29. The lowest BCUT2D eigenvalue weighted by atomic mass is 10.0. The van der Waals surface area contributed by atoms with E-state index in [4.69, 9.17) is 4.74 Å². The van der Waals surface area contributed by atoms with Crippen molar-refractivity contribution in [1.82, 2.24) is 0 Å². The summed E-state index contributed by atoms with van der Waals surface area (Å²) in [6, 6.07) is 7.31. The molecule has 1 aromatic rings. The monoisotopic (exact) mass is 295 g/mol. The zero-order chi connectivity index (χ0) is 15.2. The number of carbonyl (C=O) groups excluding carboxylic acids is 1. The quantitative estimate of drug-likeness (QED) is 0.769. The van der Waals surface area contributed by atoms with Crippen LogP contribution >= 0.6 is 0 Å². The lowest BCUT2D eigenvalue weighted by Gasteiger charge is -2.29. The van der Waals surface area contributed by atoms with Crippen molar-refractivity contribution < 1.29 is 24.5 Å². The number of benzene rings is 1. The van der Waals surface area contributed by atoms with Gasteiger partial charge in [0.1, 0.15) is 6.10 Å². The van der Waals surface area contributed by atoms with Crippen molar-refractivity contribution in [2.75, 3.05) is 38.3 Å². The number of hydrogen-bond donors (Lipinski definition) is 2. The van der Waals surface area contributed by atoms with E-state index in [0.29, 0.717) is 18.8 Å². The Labute approximate surface area is 123 Å². The van der Waals surface area contributed by atoms with E-state index < -0.39 is 18.2 Å². The standard InChI is InChI=1S/C15H21NO5/c1-20-14(18)10-13(17)15(19)11-2-4-12(5-3-11)16-6-8-21-9-7-16/h2-5,13,15,17,19H,6-10H2,1H3. The summed E-state index contributed by atoms with van der Waals surface area (Å²) in [6.45, 7) is 3.10. The summed E-state index contributed by atoms with van der Waals surface area (Å²) in [5.74, 6) is -0.550. The molecule has 6 heteroatoms. The van der Waals surface area contributed by atoms with Gasteiger partial charge < -0.3 is 24.6 Å². The third-order valence-corrected chi connectivity index (χ3v) is 3.58. The van der Waals surface area contributed by atoms with Gasteiger partial charge in [-0.05, 0) is 17.7 Å². The number of aliphatic hydroxyl groups is 2. The molecule has 0 bridgehead atoms. The molecule has 0 aliphatic carbocycles. The van der Waals surface area contributed by atoms with E-state index >= 15 is 0 Å². The number of morpholine rings is 1. The predicted molar refractivity (Wildman–Crippen MR) is 77.1 cm³/mol.